The summed E-state index contributed by atoms with van der Waals surface area (Å²) in [4.78, 5) is 23.4. The fourth-order valence-corrected chi connectivity index (χ4v) is 2.59. The molecule has 1 saturated carbocycles. The summed E-state index contributed by atoms with van der Waals surface area (Å²) >= 11 is 0. The second-order valence-electron chi connectivity index (χ2n) is 5.55. The van der Waals surface area contributed by atoms with Crippen LogP contribution in [0.2, 0.25) is 0 Å². The molecule has 0 unspecified atom stereocenters. The average molecular weight is 323 g/mol. The van der Waals surface area contributed by atoms with Gasteiger partial charge in [0.2, 0.25) is 5.91 Å². The Kier molecular flexibility index (Phi) is 6.84. The van der Waals surface area contributed by atoms with Gasteiger partial charge in [0.05, 0.1) is 0 Å². The number of esters is 1. The van der Waals surface area contributed by atoms with Crippen molar-refractivity contribution in [1.29, 1.82) is 0 Å². The third-order valence-electron chi connectivity index (χ3n) is 3.82. The number of amides is 1. The van der Waals surface area contributed by atoms with Crippen molar-refractivity contribution in [2.24, 2.45) is 5.92 Å². The van der Waals surface area contributed by atoms with Crippen LogP contribution in [0.1, 0.15) is 32.1 Å². The van der Waals surface area contributed by atoms with Crippen LogP contribution in [-0.2, 0) is 14.3 Å². The second kappa shape index (κ2) is 9.12. The summed E-state index contributed by atoms with van der Waals surface area (Å²) in [6.07, 6.45) is 5.08. The molecule has 0 spiro atoms. The Morgan fingerprint density at radius 2 is 1.87 bits per heavy atom. The lowest BCUT2D eigenvalue weighted by Gasteiger charge is -2.20. The van der Waals surface area contributed by atoms with E-state index in [-0.39, 0.29) is 37.3 Å². The van der Waals surface area contributed by atoms with Crippen molar-refractivity contribution >= 4 is 11.9 Å². The molecule has 5 nitrogen and oxygen atoms in total. The minimum absolute atomic E-state index is 0.00642. The number of para-hydroxylation sites is 1. The Morgan fingerprint density at radius 1 is 1.13 bits per heavy atom. The first-order valence-corrected chi connectivity index (χ1v) is 7.97. The molecule has 0 saturated heterocycles. The van der Waals surface area contributed by atoms with Gasteiger partial charge in [0.25, 0.3) is 0 Å². The summed E-state index contributed by atoms with van der Waals surface area (Å²) in [5, 5.41) is 2.61. The summed E-state index contributed by atoms with van der Waals surface area (Å²) in [6, 6.07) is 6.02. The van der Waals surface area contributed by atoms with Gasteiger partial charge in [0.15, 0.2) is 11.6 Å². The van der Waals surface area contributed by atoms with E-state index in [0.717, 1.165) is 25.7 Å². The van der Waals surface area contributed by atoms with Gasteiger partial charge in [-0.05, 0) is 25.0 Å². The Bertz CT molecular complexity index is 529. The second-order valence-corrected chi connectivity index (χ2v) is 5.55. The van der Waals surface area contributed by atoms with Gasteiger partial charge in [-0.1, -0.05) is 31.4 Å². The standard InChI is InChI=1S/C17H22FNO4/c18-14-8-4-5-9-15(14)22-10-11-23-16(20)12-19-17(21)13-6-2-1-3-7-13/h4-5,8-9,13H,1-3,6-7,10-12H2,(H,19,21). The van der Waals surface area contributed by atoms with Crippen molar-refractivity contribution in [3.8, 4) is 5.75 Å². The zero-order valence-corrected chi connectivity index (χ0v) is 13.1. The molecular formula is C17H22FNO4. The maximum absolute atomic E-state index is 13.3. The molecule has 0 radical (unpaired) electrons. The molecule has 0 heterocycles. The minimum atomic E-state index is -0.522. The van der Waals surface area contributed by atoms with Crippen LogP contribution < -0.4 is 10.1 Å². The number of nitrogens with one attached hydrogen (secondary N) is 1. The molecule has 1 aromatic rings. The lowest BCUT2D eigenvalue weighted by Crippen LogP contribution is -2.36. The molecule has 1 amide bonds. The van der Waals surface area contributed by atoms with E-state index < -0.39 is 11.8 Å². The summed E-state index contributed by atoms with van der Waals surface area (Å²) in [7, 11) is 0. The molecule has 0 aromatic heterocycles. The summed E-state index contributed by atoms with van der Waals surface area (Å²) in [5.41, 5.74) is 0. The number of carbonyl (C=O) groups excluding carboxylic acids is 2. The van der Waals surface area contributed by atoms with E-state index in [0.29, 0.717) is 0 Å². The predicted molar refractivity (Wildman–Crippen MR) is 82.4 cm³/mol. The average Bonchev–Trinajstić information content (AvgIpc) is 2.59. The Morgan fingerprint density at radius 3 is 2.61 bits per heavy atom. The number of carbonyl (C=O) groups is 2. The van der Waals surface area contributed by atoms with Crippen LogP contribution in [-0.4, -0.2) is 31.6 Å². The van der Waals surface area contributed by atoms with Crippen molar-refractivity contribution in [3.63, 3.8) is 0 Å². The van der Waals surface area contributed by atoms with E-state index in [9.17, 15) is 14.0 Å². The van der Waals surface area contributed by atoms with Crippen molar-refractivity contribution in [3.05, 3.63) is 30.1 Å². The SMILES string of the molecule is O=C(CNC(=O)C1CCCCC1)OCCOc1ccccc1F. The largest absolute Gasteiger partial charge is 0.487 e. The molecule has 126 valence electrons. The smallest absolute Gasteiger partial charge is 0.325 e. The molecular weight excluding hydrogens is 301 g/mol. The van der Waals surface area contributed by atoms with Gasteiger partial charge in [-0.2, -0.15) is 0 Å². The van der Waals surface area contributed by atoms with Crippen LogP contribution in [0.4, 0.5) is 4.39 Å². The van der Waals surface area contributed by atoms with E-state index in [4.69, 9.17) is 9.47 Å². The molecule has 1 aliphatic rings. The first kappa shape index (κ1) is 17.2. The zero-order valence-electron chi connectivity index (χ0n) is 13.1. The van der Waals surface area contributed by atoms with Crippen molar-refractivity contribution < 1.29 is 23.5 Å². The molecule has 1 aliphatic carbocycles. The first-order chi connectivity index (χ1) is 11.2. The minimum Gasteiger partial charge on any atom is -0.487 e. The first-order valence-electron chi connectivity index (χ1n) is 7.97. The maximum atomic E-state index is 13.3. The molecule has 6 heteroatoms. The number of hydrogen-bond donors (Lipinski definition) is 1. The molecule has 23 heavy (non-hydrogen) atoms. The molecule has 1 fully saturated rings. The van der Waals surface area contributed by atoms with Crippen molar-refractivity contribution in [2.75, 3.05) is 19.8 Å². The lowest BCUT2D eigenvalue weighted by molar-refractivity contribution is -0.145. The molecule has 2 rings (SSSR count). The van der Waals surface area contributed by atoms with Gasteiger partial charge in [-0.25, -0.2) is 4.39 Å². The predicted octanol–water partition coefficient (Wildman–Crippen LogP) is 2.44. The lowest BCUT2D eigenvalue weighted by atomic mass is 9.89. The van der Waals surface area contributed by atoms with Gasteiger partial charge in [-0.3, -0.25) is 9.59 Å². The van der Waals surface area contributed by atoms with Crippen LogP contribution in [0.25, 0.3) is 0 Å². The van der Waals surface area contributed by atoms with Gasteiger partial charge < -0.3 is 14.8 Å². The van der Waals surface area contributed by atoms with Crippen LogP contribution in [0, 0.1) is 11.7 Å². The Balaban J connectivity index is 1.58. The molecule has 1 N–H and O–H groups in total. The van der Waals surface area contributed by atoms with Crippen LogP contribution in [0.15, 0.2) is 24.3 Å². The number of ether oxygens (including phenoxy) is 2. The fourth-order valence-electron chi connectivity index (χ4n) is 2.59. The zero-order chi connectivity index (χ0) is 16.5. The third kappa shape index (κ3) is 5.88. The third-order valence-corrected chi connectivity index (χ3v) is 3.82. The van der Waals surface area contributed by atoms with Crippen LogP contribution in [0.5, 0.6) is 5.75 Å². The van der Waals surface area contributed by atoms with E-state index >= 15 is 0 Å². The normalized spacial score (nSPS) is 15.0. The van der Waals surface area contributed by atoms with E-state index in [1.54, 1.807) is 12.1 Å². The van der Waals surface area contributed by atoms with Crippen molar-refractivity contribution in [2.45, 2.75) is 32.1 Å². The number of rotatable bonds is 7. The molecule has 0 bridgehead atoms. The highest BCUT2D eigenvalue weighted by atomic mass is 19.1. The monoisotopic (exact) mass is 323 g/mol. The Hall–Kier alpha value is -2.11. The van der Waals surface area contributed by atoms with Gasteiger partial charge in [-0.15, -0.1) is 0 Å². The van der Waals surface area contributed by atoms with Crippen molar-refractivity contribution in [1.82, 2.24) is 5.32 Å². The number of halogens is 1. The van der Waals surface area contributed by atoms with E-state index in [1.807, 2.05) is 0 Å². The highest BCUT2D eigenvalue weighted by molar-refractivity contribution is 5.83. The molecule has 0 atom stereocenters. The van der Waals surface area contributed by atoms with Gasteiger partial charge in [0.1, 0.15) is 19.8 Å². The molecule has 1 aromatic carbocycles. The highest BCUT2D eigenvalue weighted by Crippen LogP contribution is 2.23. The number of hydrogen-bond acceptors (Lipinski definition) is 4. The van der Waals surface area contributed by atoms with Crippen LogP contribution in [0.3, 0.4) is 0 Å². The fraction of sp³-hybridized carbons (Fsp3) is 0.529. The maximum Gasteiger partial charge on any atom is 0.325 e. The number of benzene rings is 1. The van der Waals surface area contributed by atoms with E-state index in [2.05, 4.69) is 5.32 Å². The quantitative estimate of drug-likeness (QED) is 0.618. The summed E-state index contributed by atoms with van der Waals surface area (Å²) < 4.78 is 23.4. The highest BCUT2D eigenvalue weighted by Gasteiger charge is 2.21. The van der Waals surface area contributed by atoms with Gasteiger partial charge >= 0.3 is 5.97 Å². The van der Waals surface area contributed by atoms with Gasteiger partial charge in [0, 0.05) is 5.92 Å². The van der Waals surface area contributed by atoms with E-state index in [1.165, 1.54) is 18.6 Å². The Labute approximate surface area is 135 Å². The molecule has 0 aliphatic heterocycles. The van der Waals surface area contributed by atoms with Crippen LogP contribution >= 0.6 is 0 Å². The summed E-state index contributed by atoms with van der Waals surface area (Å²) in [6.45, 7) is -0.0786. The topological polar surface area (TPSA) is 64.6 Å². The summed E-state index contributed by atoms with van der Waals surface area (Å²) in [5.74, 6) is -0.927.